The van der Waals surface area contributed by atoms with Crippen LogP contribution >= 0.6 is 0 Å². The van der Waals surface area contributed by atoms with Crippen LogP contribution in [-0.2, 0) is 37.0 Å². The van der Waals surface area contributed by atoms with Crippen LogP contribution in [0.25, 0.3) is 11.3 Å². The van der Waals surface area contributed by atoms with Gasteiger partial charge in [-0.05, 0) is 43.7 Å². The van der Waals surface area contributed by atoms with E-state index < -0.39 is 11.9 Å². The van der Waals surface area contributed by atoms with Gasteiger partial charge in [0.05, 0.1) is 23.6 Å². The number of rotatable bonds is 3. The zero-order chi connectivity index (χ0) is 20.5. The zero-order valence-electron chi connectivity index (χ0n) is 17.5. The number of benzene rings is 1. The monoisotopic (exact) mass is 391 g/mol. The van der Waals surface area contributed by atoms with Crippen molar-refractivity contribution in [2.24, 2.45) is 7.05 Å². The molecule has 1 unspecified atom stereocenters. The molecule has 0 radical (unpaired) electrons. The second-order valence-electron chi connectivity index (χ2n) is 8.63. The molecule has 0 saturated carbocycles. The van der Waals surface area contributed by atoms with E-state index in [4.69, 9.17) is 0 Å². The minimum Gasteiger partial charge on any atom is -0.164 e. The highest BCUT2D eigenvalue weighted by Crippen LogP contribution is 2.54. The predicted molar refractivity (Wildman–Crippen MR) is 104 cm³/mol. The largest absolute Gasteiger partial charge is 0.437 e. The SMILES string of the molecule is CCC1(C)c2cccc3c2-c2c(c(C(F)(F)F)n(C)[n+]2C1(CC)CC)CCC3. The molecule has 0 fully saturated rings. The third kappa shape index (κ3) is 2.13. The topological polar surface area (TPSA) is 8.81 Å². The zero-order valence-corrected chi connectivity index (χ0v) is 17.5. The Labute approximate surface area is 165 Å². The summed E-state index contributed by atoms with van der Waals surface area (Å²) in [7, 11) is 1.61. The van der Waals surface area contributed by atoms with Crippen LogP contribution in [0.4, 0.5) is 13.2 Å². The second-order valence-corrected chi connectivity index (χ2v) is 8.63. The van der Waals surface area contributed by atoms with Crippen molar-refractivity contribution in [3.8, 4) is 11.3 Å². The Kier molecular flexibility index (Phi) is 4.26. The fourth-order valence-corrected chi connectivity index (χ4v) is 6.37. The lowest BCUT2D eigenvalue weighted by molar-refractivity contribution is -0.836. The number of hydrogen-bond donors (Lipinski definition) is 0. The summed E-state index contributed by atoms with van der Waals surface area (Å²) in [6.07, 6.45) is 0.191. The van der Waals surface area contributed by atoms with E-state index in [1.54, 1.807) is 7.05 Å². The lowest BCUT2D eigenvalue weighted by Crippen LogP contribution is -2.72. The van der Waals surface area contributed by atoms with Crippen LogP contribution in [0.2, 0.25) is 0 Å². The summed E-state index contributed by atoms with van der Waals surface area (Å²) in [6, 6.07) is 6.38. The van der Waals surface area contributed by atoms with Crippen molar-refractivity contribution >= 4 is 0 Å². The Hall–Kier alpha value is -1.78. The smallest absolute Gasteiger partial charge is 0.164 e. The second kappa shape index (κ2) is 6.11. The predicted octanol–water partition coefficient (Wildman–Crippen LogP) is 5.68. The van der Waals surface area contributed by atoms with E-state index in [0.29, 0.717) is 12.0 Å². The summed E-state index contributed by atoms with van der Waals surface area (Å²) < 4.78 is 46.1. The van der Waals surface area contributed by atoms with E-state index in [1.165, 1.54) is 15.8 Å². The lowest BCUT2D eigenvalue weighted by atomic mass is 9.59. The summed E-state index contributed by atoms with van der Waals surface area (Å²) in [5.41, 5.74) is 3.75. The number of nitrogens with zero attached hydrogens (tertiary/aromatic N) is 2. The van der Waals surface area contributed by atoms with Gasteiger partial charge in [0.1, 0.15) is 0 Å². The molecule has 28 heavy (non-hydrogen) atoms. The minimum absolute atomic E-state index is 0.226. The van der Waals surface area contributed by atoms with Crippen LogP contribution in [0.5, 0.6) is 0 Å². The Morgan fingerprint density at radius 3 is 2.32 bits per heavy atom. The van der Waals surface area contributed by atoms with Gasteiger partial charge in [0, 0.05) is 12.8 Å². The summed E-state index contributed by atoms with van der Waals surface area (Å²) in [5, 5.41) is 0. The minimum atomic E-state index is -4.36. The van der Waals surface area contributed by atoms with Crippen molar-refractivity contribution < 1.29 is 17.9 Å². The molecule has 1 aromatic heterocycles. The van der Waals surface area contributed by atoms with Crippen LogP contribution in [0.3, 0.4) is 0 Å². The molecule has 1 aliphatic carbocycles. The van der Waals surface area contributed by atoms with Crippen molar-refractivity contribution in [2.45, 2.75) is 83.4 Å². The summed E-state index contributed by atoms with van der Waals surface area (Å²) in [4.78, 5) is 0. The number of alkyl halides is 3. The summed E-state index contributed by atoms with van der Waals surface area (Å²) in [5.74, 6) is 0. The van der Waals surface area contributed by atoms with Crippen molar-refractivity contribution in [2.75, 3.05) is 0 Å². The van der Waals surface area contributed by atoms with Gasteiger partial charge in [-0.15, -0.1) is 4.68 Å². The molecule has 0 bridgehead atoms. The van der Waals surface area contributed by atoms with Gasteiger partial charge in [0.2, 0.25) is 11.2 Å². The Morgan fingerprint density at radius 1 is 1.07 bits per heavy atom. The normalized spacial score (nSPS) is 22.7. The molecule has 1 aromatic carbocycles. The molecule has 2 nitrogen and oxygen atoms in total. The quantitative estimate of drug-likeness (QED) is 0.595. The van der Waals surface area contributed by atoms with E-state index in [2.05, 4.69) is 45.9 Å². The standard InChI is InChI=1S/C23H30F3N2/c1-6-21(4)17-14-10-12-15-11-9-13-16-19(18(15)17)28(22(21,7-2)8-3)27(5)20(16)23(24,25)26/h10,12,14H,6-9,11,13H2,1-5H3/q+1. The molecule has 0 spiro atoms. The van der Waals surface area contributed by atoms with E-state index in [1.807, 2.05) is 4.68 Å². The molecule has 0 saturated heterocycles. The fraction of sp³-hybridized carbons (Fsp3) is 0.609. The molecule has 152 valence electrons. The Bertz CT molecular complexity index is 934. The van der Waals surface area contributed by atoms with Gasteiger partial charge in [0.25, 0.3) is 0 Å². The van der Waals surface area contributed by atoms with Crippen LogP contribution in [0, 0.1) is 0 Å². The summed E-state index contributed by atoms with van der Waals surface area (Å²) >= 11 is 0. The lowest BCUT2D eigenvalue weighted by Gasteiger charge is -2.47. The van der Waals surface area contributed by atoms with Gasteiger partial charge in [0.15, 0.2) is 5.69 Å². The van der Waals surface area contributed by atoms with E-state index in [9.17, 15) is 13.2 Å². The molecule has 2 heterocycles. The fourth-order valence-electron chi connectivity index (χ4n) is 6.37. The average Bonchev–Trinajstić information content (AvgIpc) is 2.83. The number of halogens is 3. The van der Waals surface area contributed by atoms with Crippen LogP contribution in [0.15, 0.2) is 18.2 Å². The van der Waals surface area contributed by atoms with Crippen molar-refractivity contribution in [1.29, 1.82) is 0 Å². The first kappa shape index (κ1) is 19.5. The van der Waals surface area contributed by atoms with Gasteiger partial charge in [-0.1, -0.05) is 39.0 Å². The van der Waals surface area contributed by atoms with Crippen LogP contribution in [0.1, 0.15) is 75.8 Å². The number of aromatic nitrogens is 2. The number of hydrogen-bond acceptors (Lipinski definition) is 0. The van der Waals surface area contributed by atoms with E-state index in [0.717, 1.165) is 43.4 Å². The highest BCUT2D eigenvalue weighted by molar-refractivity contribution is 5.73. The van der Waals surface area contributed by atoms with Crippen LogP contribution in [-0.4, -0.2) is 4.68 Å². The van der Waals surface area contributed by atoms with Crippen LogP contribution < -0.4 is 4.68 Å². The molecule has 4 rings (SSSR count). The first-order valence-electron chi connectivity index (χ1n) is 10.5. The molecular formula is C23H30F3N2+. The van der Waals surface area contributed by atoms with Gasteiger partial charge < -0.3 is 0 Å². The van der Waals surface area contributed by atoms with Gasteiger partial charge >= 0.3 is 6.18 Å². The molecule has 1 atom stereocenters. The first-order valence-corrected chi connectivity index (χ1v) is 10.5. The average molecular weight is 392 g/mol. The molecule has 5 heteroatoms. The molecular weight excluding hydrogens is 361 g/mol. The maximum atomic E-state index is 14.2. The molecule has 2 aromatic rings. The third-order valence-electron chi connectivity index (χ3n) is 7.84. The molecule has 1 aliphatic heterocycles. The maximum absolute atomic E-state index is 14.2. The van der Waals surface area contributed by atoms with Crippen molar-refractivity contribution in [3.05, 3.63) is 40.6 Å². The first-order chi connectivity index (χ1) is 13.2. The molecule has 2 aliphatic rings. The van der Waals surface area contributed by atoms with E-state index >= 15 is 0 Å². The highest BCUT2D eigenvalue weighted by atomic mass is 19.4. The Balaban J connectivity index is 2.26. The number of aryl methyl sites for hydroxylation is 1. The van der Waals surface area contributed by atoms with Gasteiger partial charge in [-0.2, -0.15) is 17.9 Å². The Morgan fingerprint density at radius 2 is 1.75 bits per heavy atom. The molecule has 0 amide bonds. The third-order valence-corrected chi connectivity index (χ3v) is 7.84. The molecule has 0 N–H and O–H groups in total. The highest BCUT2D eigenvalue weighted by Gasteiger charge is 2.63. The van der Waals surface area contributed by atoms with Crippen molar-refractivity contribution in [1.82, 2.24) is 4.68 Å². The van der Waals surface area contributed by atoms with E-state index in [-0.39, 0.29) is 11.0 Å². The maximum Gasteiger partial charge on any atom is 0.437 e. The van der Waals surface area contributed by atoms with Gasteiger partial charge in [-0.25, -0.2) is 0 Å². The summed E-state index contributed by atoms with van der Waals surface area (Å²) in [6.45, 7) is 8.69. The van der Waals surface area contributed by atoms with Gasteiger partial charge in [-0.3, -0.25) is 0 Å². The van der Waals surface area contributed by atoms with Crippen molar-refractivity contribution in [3.63, 3.8) is 0 Å².